The van der Waals surface area contributed by atoms with E-state index >= 15 is 0 Å². The number of hydrogen-bond acceptors (Lipinski definition) is 1. The first-order valence-corrected chi connectivity index (χ1v) is 6.19. The Morgan fingerprint density at radius 3 is 2.50 bits per heavy atom. The first kappa shape index (κ1) is 12.0. The smallest absolute Gasteiger partial charge is 0.00771 e. The first-order valence-electron chi connectivity index (χ1n) is 6.19. The molecular weight excluding hydrogens is 170 g/mol. The van der Waals surface area contributed by atoms with Crippen LogP contribution in [0.15, 0.2) is 0 Å². The van der Waals surface area contributed by atoms with Crippen LogP contribution in [0.2, 0.25) is 0 Å². The second kappa shape index (κ2) is 4.65. The van der Waals surface area contributed by atoms with Gasteiger partial charge in [-0.25, -0.2) is 0 Å². The monoisotopic (exact) mass is 197 g/mol. The molecule has 0 aromatic heterocycles. The Hall–Kier alpha value is -0.0400. The van der Waals surface area contributed by atoms with E-state index < -0.39 is 0 Å². The molecule has 84 valence electrons. The fraction of sp³-hybridized carbons (Fsp3) is 1.00. The van der Waals surface area contributed by atoms with Crippen LogP contribution in [-0.4, -0.2) is 12.1 Å². The molecule has 0 saturated heterocycles. The molecule has 0 aliphatic heterocycles. The van der Waals surface area contributed by atoms with Crippen molar-refractivity contribution in [2.24, 2.45) is 11.3 Å². The molecule has 0 aromatic rings. The van der Waals surface area contributed by atoms with E-state index in [-0.39, 0.29) is 0 Å². The highest BCUT2D eigenvalue weighted by Crippen LogP contribution is 2.38. The van der Waals surface area contributed by atoms with Crippen LogP contribution >= 0.6 is 0 Å². The molecule has 1 fully saturated rings. The van der Waals surface area contributed by atoms with E-state index in [1.807, 2.05) is 0 Å². The number of nitrogens with one attached hydrogen (secondary N) is 1. The molecule has 0 radical (unpaired) electrons. The van der Waals surface area contributed by atoms with E-state index in [4.69, 9.17) is 0 Å². The Bertz CT molecular complexity index is 174. The summed E-state index contributed by atoms with van der Waals surface area (Å²) in [5.41, 5.74) is 0.544. The molecule has 1 heteroatoms. The van der Waals surface area contributed by atoms with Crippen molar-refractivity contribution in [3.8, 4) is 0 Å². The van der Waals surface area contributed by atoms with Crippen LogP contribution in [0.4, 0.5) is 0 Å². The Labute approximate surface area is 89.7 Å². The van der Waals surface area contributed by atoms with E-state index in [0.29, 0.717) is 11.5 Å². The fourth-order valence-electron chi connectivity index (χ4n) is 2.99. The summed E-state index contributed by atoms with van der Waals surface area (Å²) in [6.45, 7) is 11.8. The van der Waals surface area contributed by atoms with Gasteiger partial charge in [-0.2, -0.15) is 0 Å². The minimum absolute atomic E-state index is 0.544. The van der Waals surface area contributed by atoms with Crippen molar-refractivity contribution < 1.29 is 0 Å². The molecule has 1 N–H and O–H groups in total. The van der Waals surface area contributed by atoms with E-state index in [2.05, 4.69) is 39.9 Å². The number of rotatable bonds is 3. The van der Waals surface area contributed by atoms with Gasteiger partial charge in [0.1, 0.15) is 0 Å². The quantitative estimate of drug-likeness (QED) is 0.729. The average molecular weight is 197 g/mol. The van der Waals surface area contributed by atoms with Crippen LogP contribution in [0.25, 0.3) is 0 Å². The highest BCUT2D eigenvalue weighted by Gasteiger charge is 2.31. The summed E-state index contributed by atoms with van der Waals surface area (Å²) in [6, 6.07) is 1.43. The molecule has 3 atom stereocenters. The zero-order chi connectivity index (χ0) is 10.8. The second-order valence-electron chi connectivity index (χ2n) is 6.09. The summed E-state index contributed by atoms with van der Waals surface area (Å²) in [6.07, 6.45) is 5.35. The molecule has 1 saturated carbocycles. The molecule has 1 aliphatic carbocycles. The predicted octanol–water partition coefficient (Wildman–Crippen LogP) is 3.59. The SMILES string of the molecule is CC[C@H](C)N[C@@H]1C[C@@H](C)CC(C)(C)C1. The molecule has 1 nitrogen and oxygen atoms in total. The van der Waals surface area contributed by atoms with Crippen molar-refractivity contribution >= 4 is 0 Å². The lowest BCUT2D eigenvalue weighted by Gasteiger charge is -2.40. The van der Waals surface area contributed by atoms with Gasteiger partial charge >= 0.3 is 0 Å². The third-order valence-electron chi connectivity index (χ3n) is 3.52. The van der Waals surface area contributed by atoms with Crippen molar-refractivity contribution in [3.05, 3.63) is 0 Å². The summed E-state index contributed by atoms with van der Waals surface area (Å²) in [5.74, 6) is 0.889. The Kier molecular flexibility index (Phi) is 4.00. The minimum atomic E-state index is 0.544. The zero-order valence-electron chi connectivity index (χ0n) is 10.6. The van der Waals surface area contributed by atoms with Crippen molar-refractivity contribution in [2.45, 2.75) is 72.4 Å². The van der Waals surface area contributed by atoms with Crippen LogP contribution in [-0.2, 0) is 0 Å². The second-order valence-corrected chi connectivity index (χ2v) is 6.09. The van der Waals surface area contributed by atoms with Crippen LogP contribution in [0.1, 0.15) is 60.3 Å². The molecule has 0 spiro atoms. The molecule has 1 rings (SSSR count). The standard InChI is InChI=1S/C13H27N/c1-6-11(3)14-12-7-10(2)8-13(4,5)9-12/h10-12,14H,6-9H2,1-5H3/t10-,11+,12-/m1/s1. The normalized spacial score (nSPS) is 34.1. The van der Waals surface area contributed by atoms with Gasteiger partial charge in [-0.3, -0.25) is 0 Å². The van der Waals surface area contributed by atoms with Crippen LogP contribution < -0.4 is 5.32 Å². The van der Waals surface area contributed by atoms with Gasteiger partial charge in [0.05, 0.1) is 0 Å². The van der Waals surface area contributed by atoms with Gasteiger partial charge in [-0.05, 0) is 43.9 Å². The van der Waals surface area contributed by atoms with Gasteiger partial charge in [0.25, 0.3) is 0 Å². The van der Waals surface area contributed by atoms with Crippen molar-refractivity contribution in [3.63, 3.8) is 0 Å². The van der Waals surface area contributed by atoms with E-state index in [1.165, 1.54) is 25.7 Å². The lowest BCUT2D eigenvalue weighted by atomic mass is 9.70. The molecular formula is C13H27N. The predicted molar refractivity (Wildman–Crippen MR) is 63.5 cm³/mol. The van der Waals surface area contributed by atoms with Crippen molar-refractivity contribution in [2.75, 3.05) is 0 Å². The van der Waals surface area contributed by atoms with E-state index in [0.717, 1.165) is 12.0 Å². The van der Waals surface area contributed by atoms with E-state index in [1.54, 1.807) is 0 Å². The summed E-state index contributed by atoms with van der Waals surface area (Å²) < 4.78 is 0. The Morgan fingerprint density at radius 2 is 2.00 bits per heavy atom. The maximum atomic E-state index is 3.75. The highest BCUT2D eigenvalue weighted by atomic mass is 14.9. The lowest BCUT2D eigenvalue weighted by molar-refractivity contribution is 0.145. The molecule has 0 aromatic carbocycles. The third-order valence-corrected chi connectivity index (χ3v) is 3.52. The van der Waals surface area contributed by atoms with Crippen LogP contribution in [0.3, 0.4) is 0 Å². The molecule has 0 bridgehead atoms. The maximum absolute atomic E-state index is 3.75. The average Bonchev–Trinajstić information content (AvgIpc) is 1.99. The van der Waals surface area contributed by atoms with Gasteiger partial charge in [0, 0.05) is 12.1 Å². The molecule has 0 amide bonds. The van der Waals surface area contributed by atoms with Crippen molar-refractivity contribution in [1.82, 2.24) is 5.32 Å². The first-order chi connectivity index (χ1) is 6.43. The molecule has 14 heavy (non-hydrogen) atoms. The Morgan fingerprint density at radius 1 is 1.36 bits per heavy atom. The summed E-state index contributed by atoms with van der Waals surface area (Å²) >= 11 is 0. The summed E-state index contributed by atoms with van der Waals surface area (Å²) in [7, 11) is 0. The molecule has 0 heterocycles. The third kappa shape index (κ3) is 3.61. The van der Waals surface area contributed by atoms with E-state index in [9.17, 15) is 0 Å². The van der Waals surface area contributed by atoms with Gasteiger partial charge in [-0.15, -0.1) is 0 Å². The lowest BCUT2D eigenvalue weighted by Crippen LogP contribution is -2.43. The topological polar surface area (TPSA) is 12.0 Å². The highest BCUT2D eigenvalue weighted by molar-refractivity contribution is 4.87. The minimum Gasteiger partial charge on any atom is -0.311 e. The molecule has 1 aliphatic rings. The van der Waals surface area contributed by atoms with Crippen molar-refractivity contribution in [1.29, 1.82) is 0 Å². The zero-order valence-corrected chi connectivity index (χ0v) is 10.6. The Balaban J connectivity index is 2.45. The van der Waals surface area contributed by atoms with Gasteiger partial charge in [0.2, 0.25) is 0 Å². The van der Waals surface area contributed by atoms with Gasteiger partial charge in [-0.1, -0.05) is 27.7 Å². The van der Waals surface area contributed by atoms with Gasteiger partial charge in [0.15, 0.2) is 0 Å². The van der Waals surface area contributed by atoms with Crippen LogP contribution in [0.5, 0.6) is 0 Å². The molecule has 0 unspecified atom stereocenters. The number of hydrogen-bond donors (Lipinski definition) is 1. The maximum Gasteiger partial charge on any atom is 0.00771 e. The van der Waals surface area contributed by atoms with Gasteiger partial charge < -0.3 is 5.32 Å². The summed E-state index contributed by atoms with van der Waals surface area (Å²) in [4.78, 5) is 0. The summed E-state index contributed by atoms with van der Waals surface area (Å²) in [5, 5.41) is 3.75. The largest absolute Gasteiger partial charge is 0.311 e. The fourth-order valence-corrected chi connectivity index (χ4v) is 2.99. The van der Waals surface area contributed by atoms with Crippen LogP contribution in [0, 0.1) is 11.3 Å².